The number of halogens is 1. The lowest BCUT2D eigenvalue weighted by molar-refractivity contribution is -0.116. The molecule has 0 aliphatic carbocycles. The maximum Gasteiger partial charge on any atom is 0.243 e. The van der Waals surface area contributed by atoms with Crippen LogP contribution in [0, 0.1) is 0 Å². The Balaban J connectivity index is 0.00000192. The Labute approximate surface area is 143 Å². The van der Waals surface area contributed by atoms with Gasteiger partial charge >= 0.3 is 0 Å². The van der Waals surface area contributed by atoms with Crippen molar-refractivity contribution in [1.82, 2.24) is 9.62 Å². The Hall–Kier alpha value is -1.15. The van der Waals surface area contributed by atoms with Gasteiger partial charge in [-0.3, -0.25) is 4.79 Å². The van der Waals surface area contributed by atoms with Gasteiger partial charge < -0.3 is 10.2 Å². The highest BCUT2D eigenvalue weighted by atomic mass is 35.5. The third-order valence-corrected chi connectivity index (χ3v) is 6.39. The molecular formula is C15H22ClN3O3S. The van der Waals surface area contributed by atoms with Crippen LogP contribution < -0.4 is 10.2 Å². The third-order valence-electron chi connectivity index (χ3n) is 4.38. The summed E-state index contributed by atoms with van der Waals surface area (Å²) in [6, 6.07) is 5.06. The summed E-state index contributed by atoms with van der Waals surface area (Å²) in [7, 11) is -3.53. The van der Waals surface area contributed by atoms with Crippen LogP contribution in [-0.2, 0) is 21.2 Å². The van der Waals surface area contributed by atoms with Gasteiger partial charge in [-0.1, -0.05) is 6.07 Å². The van der Waals surface area contributed by atoms with Crippen molar-refractivity contribution < 1.29 is 13.2 Å². The fraction of sp³-hybridized carbons (Fsp3) is 0.533. The van der Waals surface area contributed by atoms with E-state index in [9.17, 15) is 13.2 Å². The van der Waals surface area contributed by atoms with Gasteiger partial charge in [0.05, 0.1) is 4.90 Å². The first-order valence-corrected chi connectivity index (χ1v) is 8.99. The van der Waals surface area contributed by atoms with E-state index in [1.54, 1.807) is 17.0 Å². The molecule has 1 unspecified atom stereocenters. The van der Waals surface area contributed by atoms with Crippen LogP contribution in [0.2, 0.25) is 0 Å². The molecule has 128 valence electrons. The molecule has 1 N–H and O–H groups in total. The Bertz CT molecular complexity index is 708. The molecule has 0 bridgehead atoms. The molecule has 6 nitrogen and oxygen atoms in total. The molecule has 8 heteroatoms. The summed E-state index contributed by atoms with van der Waals surface area (Å²) in [5, 5.41) is 3.19. The third kappa shape index (κ3) is 3.24. The van der Waals surface area contributed by atoms with E-state index >= 15 is 0 Å². The maximum absolute atomic E-state index is 12.9. The molecule has 1 saturated heterocycles. The summed E-state index contributed by atoms with van der Waals surface area (Å²) in [6.07, 6.45) is 0.777. The molecule has 0 spiro atoms. The topological polar surface area (TPSA) is 69.7 Å². The van der Waals surface area contributed by atoms with Gasteiger partial charge in [0.15, 0.2) is 0 Å². The highest BCUT2D eigenvalue weighted by Gasteiger charge is 2.32. The molecule has 2 aliphatic rings. The van der Waals surface area contributed by atoms with Crippen LogP contribution in [0.5, 0.6) is 0 Å². The van der Waals surface area contributed by atoms with Crippen molar-refractivity contribution in [2.24, 2.45) is 0 Å². The van der Waals surface area contributed by atoms with E-state index in [4.69, 9.17) is 0 Å². The van der Waals surface area contributed by atoms with Crippen LogP contribution in [0.1, 0.15) is 19.4 Å². The first-order valence-electron chi connectivity index (χ1n) is 7.55. The Kier molecular flexibility index (Phi) is 5.35. The van der Waals surface area contributed by atoms with E-state index in [1.165, 1.54) is 11.2 Å². The van der Waals surface area contributed by atoms with Crippen molar-refractivity contribution in [3.63, 3.8) is 0 Å². The number of piperazine rings is 1. The van der Waals surface area contributed by atoms with Gasteiger partial charge in [-0.15, -0.1) is 12.4 Å². The molecule has 1 aromatic carbocycles. The molecular weight excluding hydrogens is 338 g/mol. The molecule has 2 heterocycles. The summed E-state index contributed by atoms with van der Waals surface area (Å²) >= 11 is 0. The molecule has 3 rings (SSSR count). The minimum absolute atomic E-state index is 0. The zero-order valence-corrected chi connectivity index (χ0v) is 14.9. The quantitative estimate of drug-likeness (QED) is 0.855. The first kappa shape index (κ1) is 18.2. The fourth-order valence-electron chi connectivity index (χ4n) is 3.16. The predicted molar refractivity (Wildman–Crippen MR) is 91.6 cm³/mol. The van der Waals surface area contributed by atoms with E-state index < -0.39 is 10.0 Å². The Morgan fingerprint density at radius 1 is 1.30 bits per heavy atom. The fourth-order valence-corrected chi connectivity index (χ4v) is 4.81. The van der Waals surface area contributed by atoms with Crippen molar-refractivity contribution in [2.75, 3.05) is 31.1 Å². The van der Waals surface area contributed by atoms with E-state index in [0.29, 0.717) is 26.2 Å². The lowest BCUT2D eigenvalue weighted by Gasteiger charge is -2.33. The van der Waals surface area contributed by atoms with Gasteiger partial charge in [0, 0.05) is 44.8 Å². The summed E-state index contributed by atoms with van der Waals surface area (Å²) in [4.78, 5) is 13.6. The van der Waals surface area contributed by atoms with Gasteiger partial charge in [0.1, 0.15) is 0 Å². The van der Waals surface area contributed by atoms with Gasteiger partial charge in [-0.25, -0.2) is 8.42 Å². The molecule has 1 aromatic rings. The zero-order valence-electron chi connectivity index (χ0n) is 13.3. The number of benzene rings is 1. The average Bonchev–Trinajstić information content (AvgIpc) is 2.90. The lowest BCUT2D eigenvalue weighted by atomic mass is 10.2. The number of sulfonamides is 1. The van der Waals surface area contributed by atoms with E-state index in [2.05, 4.69) is 5.32 Å². The number of hydrogen-bond acceptors (Lipinski definition) is 4. The summed E-state index contributed by atoms with van der Waals surface area (Å²) in [6.45, 7) is 5.82. The van der Waals surface area contributed by atoms with E-state index in [0.717, 1.165) is 17.7 Å². The largest absolute Gasteiger partial charge is 0.314 e. The number of rotatable bonds is 2. The number of carbonyl (C=O) groups is 1. The van der Waals surface area contributed by atoms with Crippen molar-refractivity contribution >= 4 is 34.0 Å². The number of fused-ring (bicyclic) bond motifs is 1. The minimum Gasteiger partial charge on any atom is -0.314 e. The number of amides is 1. The standard InChI is InChI=1S/C15H21N3O3S.ClH/c1-11-10-16-6-8-18(11)22(20,21)14-4-3-13-5-7-17(12(2)19)15(13)9-14;/h3-4,9,11,16H,5-8,10H2,1-2H3;1H. The number of nitrogens with zero attached hydrogens (tertiary/aromatic N) is 2. The van der Waals surface area contributed by atoms with Crippen molar-refractivity contribution in [2.45, 2.75) is 31.2 Å². The molecule has 2 aliphatic heterocycles. The lowest BCUT2D eigenvalue weighted by Crippen LogP contribution is -2.52. The summed E-state index contributed by atoms with van der Waals surface area (Å²) < 4.78 is 27.3. The predicted octanol–water partition coefficient (Wildman–Crippen LogP) is 1.000. The number of carbonyl (C=O) groups excluding carboxylic acids is 1. The van der Waals surface area contributed by atoms with Gasteiger partial charge in [0.25, 0.3) is 0 Å². The van der Waals surface area contributed by atoms with Crippen LogP contribution in [0.25, 0.3) is 0 Å². The van der Waals surface area contributed by atoms with Crippen molar-refractivity contribution in [3.8, 4) is 0 Å². The summed E-state index contributed by atoms with van der Waals surface area (Å²) in [5.74, 6) is -0.0520. The molecule has 1 amide bonds. The van der Waals surface area contributed by atoms with E-state index in [-0.39, 0.29) is 29.3 Å². The van der Waals surface area contributed by atoms with E-state index in [1.807, 2.05) is 13.0 Å². The van der Waals surface area contributed by atoms with Crippen LogP contribution in [0.3, 0.4) is 0 Å². The molecule has 23 heavy (non-hydrogen) atoms. The summed E-state index contributed by atoms with van der Waals surface area (Å²) in [5.41, 5.74) is 1.76. The minimum atomic E-state index is -3.53. The smallest absolute Gasteiger partial charge is 0.243 e. The Morgan fingerprint density at radius 3 is 2.70 bits per heavy atom. The molecule has 0 aromatic heterocycles. The number of hydrogen-bond donors (Lipinski definition) is 1. The second kappa shape index (κ2) is 6.76. The number of nitrogens with one attached hydrogen (secondary N) is 1. The van der Waals surface area contributed by atoms with Crippen molar-refractivity contribution in [3.05, 3.63) is 23.8 Å². The number of anilines is 1. The van der Waals surface area contributed by atoms with Gasteiger partial charge in [-0.05, 0) is 31.0 Å². The van der Waals surface area contributed by atoms with Crippen LogP contribution >= 0.6 is 12.4 Å². The maximum atomic E-state index is 12.9. The van der Waals surface area contributed by atoms with Gasteiger partial charge in [0.2, 0.25) is 15.9 Å². The van der Waals surface area contributed by atoms with Crippen LogP contribution in [0.15, 0.2) is 23.1 Å². The van der Waals surface area contributed by atoms with Gasteiger partial charge in [-0.2, -0.15) is 4.31 Å². The zero-order chi connectivity index (χ0) is 15.9. The first-order chi connectivity index (χ1) is 10.4. The second-order valence-electron chi connectivity index (χ2n) is 5.88. The normalized spacial score (nSPS) is 21.7. The van der Waals surface area contributed by atoms with Crippen LogP contribution in [0.4, 0.5) is 5.69 Å². The van der Waals surface area contributed by atoms with Crippen LogP contribution in [-0.4, -0.2) is 50.9 Å². The monoisotopic (exact) mass is 359 g/mol. The average molecular weight is 360 g/mol. The second-order valence-corrected chi connectivity index (χ2v) is 7.77. The molecule has 1 atom stereocenters. The molecule has 0 saturated carbocycles. The SMILES string of the molecule is CC(=O)N1CCc2ccc(S(=O)(=O)N3CCNCC3C)cc21.Cl. The molecule has 1 fully saturated rings. The Morgan fingerprint density at radius 2 is 2.04 bits per heavy atom. The highest BCUT2D eigenvalue weighted by Crippen LogP contribution is 2.32. The van der Waals surface area contributed by atoms with Crippen molar-refractivity contribution in [1.29, 1.82) is 0 Å². The highest BCUT2D eigenvalue weighted by molar-refractivity contribution is 7.89. The molecule has 0 radical (unpaired) electrons.